The molecule has 176 valence electrons. The molecule has 0 fully saturated rings. The lowest BCUT2D eigenvalue weighted by Crippen LogP contribution is -2.29. The Morgan fingerprint density at radius 1 is 0.611 bits per heavy atom. The van der Waals surface area contributed by atoms with Crippen molar-refractivity contribution in [2.45, 2.75) is 0 Å². The van der Waals surface area contributed by atoms with Crippen LogP contribution in [0.15, 0.2) is 102 Å². The van der Waals surface area contributed by atoms with Gasteiger partial charge in [-0.3, -0.25) is 19.2 Å². The minimum atomic E-state index is -0.490. The Morgan fingerprint density at radius 2 is 1.17 bits per heavy atom. The van der Waals surface area contributed by atoms with Gasteiger partial charge in [0.2, 0.25) is 0 Å². The molecule has 0 atom stereocenters. The van der Waals surface area contributed by atoms with E-state index < -0.39 is 11.8 Å². The standard InChI is InChI=1S/C28H18BrN3O4/c29-19-8-6-18(7-9-19)26(34)31-21-12-15-23-24(16-21)28(36)32(27(23)35)22-13-10-20(11-14-22)30-25(33)17-4-2-1-3-5-17/h1-16H,(H,30,33)(H,31,34). The molecule has 4 amide bonds. The summed E-state index contributed by atoms with van der Waals surface area (Å²) in [5.74, 6) is -1.54. The van der Waals surface area contributed by atoms with Crippen molar-refractivity contribution in [1.29, 1.82) is 0 Å². The molecule has 1 heterocycles. The molecule has 0 unspecified atom stereocenters. The molecule has 4 aromatic carbocycles. The van der Waals surface area contributed by atoms with Crippen LogP contribution in [-0.2, 0) is 0 Å². The molecule has 0 saturated heterocycles. The Kier molecular flexibility index (Phi) is 6.18. The van der Waals surface area contributed by atoms with Gasteiger partial charge in [0.15, 0.2) is 0 Å². The molecule has 1 aliphatic heterocycles. The maximum Gasteiger partial charge on any atom is 0.266 e. The van der Waals surface area contributed by atoms with Gasteiger partial charge in [-0.2, -0.15) is 0 Å². The molecule has 0 saturated carbocycles. The van der Waals surface area contributed by atoms with E-state index >= 15 is 0 Å². The predicted octanol–water partition coefficient (Wildman–Crippen LogP) is 5.75. The Morgan fingerprint density at radius 3 is 1.83 bits per heavy atom. The minimum Gasteiger partial charge on any atom is -0.322 e. The molecule has 0 spiro atoms. The zero-order chi connectivity index (χ0) is 25.2. The Labute approximate surface area is 214 Å². The van der Waals surface area contributed by atoms with Crippen LogP contribution in [-0.4, -0.2) is 23.6 Å². The summed E-state index contributed by atoms with van der Waals surface area (Å²) in [5.41, 5.74) is 2.75. The van der Waals surface area contributed by atoms with Gasteiger partial charge < -0.3 is 10.6 Å². The van der Waals surface area contributed by atoms with Crippen LogP contribution in [0, 0.1) is 0 Å². The summed E-state index contributed by atoms with van der Waals surface area (Å²) in [6.45, 7) is 0. The number of nitrogens with zero attached hydrogens (tertiary/aromatic N) is 1. The van der Waals surface area contributed by atoms with E-state index in [2.05, 4.69) is 26.6 Å². The van der Waals surface area contributed by atoms with E-state index in [0.717, 1.165) is 9.37 Å². The molecular weight excluding hydrogens is 522 g/mol. The maximum atomic E-state index is 13.1. The van der Waals surface area contributed by atoms with Crippen molar-refractivity contribution in [2.75, 3.05) is 15.5 Å². The van der Waals surface area contributed by atoms with Crippen LogP contribution < -0.4 is 15.5 Å². The Bertz CT molecular complexity index is 1500. The second kappa shape index (κ2) is 9.59. The monoisotopic (exact) mass is 539 g/mol. The number of hydrogen-bond donors (Lipinski definition) is 2. The molecule has 1 aliphatic rings. The van der Waals surface area contributed by atoms with Gasteiger partial charge >= 0.3 is 0 Å². The molecular formula is C28H18BrN3O4. The van der Waals surface area contributed by atoms with Crippen LogP contribution in [0.4, 0.5) is 17.1 Å². The number of carbonyl (C=O) groups is 4. The molecule has 7 nitrogen and oxygen atoms in total. The lowest BCUT2D eigenvalue weighted by molar-refractivity contribution is 0.0923. The normalized spacial score (nSPS) is 12.3. The molecule has 0 aromatic heterocycles. The number of halogens is 1. The fourth-order valence-corrected chi connectivity index (χ4v) is 4.11. The van der Waals surface area contributed by atoms with E-state index in [1.54, 1.807) is 78.9 Å². The number of fused-ring (bicyclic) bond motifs is 1. The van der Waals surface area contributed by atoms with Gasteiger partial charge in [0.05, 0.1) is 16.8 Å². The first-order valence-electron chi connectivity index (χ1n) is 11.0. The van der Waals surface area contributed by atoms with Crippen LogP contribution >= 0.6 is 15.9 Å². The lowest BCUT2D eigenvalue weighted by Gasteiger charge is -2.14. The van der Waals surface area contributed by atoms with Crippen molar-refractivity contribution in [3.63, 3.8) is 0 Å². The molecule has 8 heteroatoms. The first kappa shape index (κ1) is 23.2. The van der Waals surface area contributed by atoms with E-state index in [1.807, 2.05) is 6.07 Å². The number of rotatable bonds is 5. The van der Waals surface area contributed by atoms with Gasteiger partial charge in [0.25, 0.3) is 23.6 Å². The van der Waals surface area contributed by atoms with E-state index in [0.29, 0.717) is 28.2 Å². The van der Waals surface area contributed by atoms with Gasteiger partial charge in [0, 0.05) is 27.0 Å². The third kappa shape index (κ3) is 4.54. The zero-order valence-electron chi connectivity index (χ0n) is 18.7. The molecule has 0 radical (unpaired) electrons. The van der Waals surface area contributed by atoms with Crippen molar-refractivity contribution >= 4 is 56.6 Å². The maximum absolute atomic E-state index is 13.1. The van der Waals surface area contributed by atoms with Crippen LogP contribution in [0.25, 0.3) is 0 Å². The Hall–Kier alpha value is -4.56. The summed E-state index contributed by atoms with van der Waals surface area (Å²) in [5, 5.41) is 5.55. The van der Waals surface area contributed by atoms with Crippen LogP contribution in [0.1, 0.15) is 41.4 Å². The molecule has 36 heavy (non-hydrogen) atoms. The van der Waals surface area contributed by atoms with Crippen molar-refractivity contribution in [3.05, 3.63) is 124 Å². The number of benzene rings is 4. The second-order valence-electron chi connectivity index (χ2n) is 8.03. The van der Waals surface area contributed by atoms with Gasteiger partial charge in [-0.05, 0) is 78.9 Å². The number of hydrogen-bond acceptors (Lipinski definition) is 4. The number of amides is 4. The zero-order valence-corrected chi connectivity index (χ0v) is 20.3. The lowest BCUT2D eigenvalue weighted by atomic mass is 10.1. The average molecular weight is 540 g/mol. The average Bonchev–Trinajstić information content (AvgIpc) is 3.14. The summed E-state index contributed by atoms with van der Waals surface area (Å²) in [7, 11) is 0. The van der Waals surface area contributed by atoms with E-state index in [4.69, 9.17) is 0 Å². The largest absolute Gasteiger partial charge is 0.322 e. The van der Waals surface area contributed by atoms with Crippen molar-refractivity contribution < 1.29 is 19.2 Å². The molecule has 0 bridgehead atoms. The summed E-state index contributed by atoms with van der Waals surface area (Å²) in [6, 6.07) is 26.7. The molecule has 2 N–H and O–H groups in total. The first-order valence-corrected chi connectivity index (χ1v) is 11.8. The second-order valence-corrected chi connectivity index (χ2v) is 8.95. The smallest absolute Gasteiger partial charge is 0.266 e. The summed E-state index contributed by atoms with van der Waals surface area (Å²) in [6.07, 6.45) is 0. The predicted molar refractivity (Wildman–Crippen MR) is 141 cm³/mol. The first-order chi connectivity index (χ1) is 17.4. The third-order valence-corrected chi connectivity index (χ3v) is 6.20. The van der Waals surface area contributed by atoms with Gasteiger partial charge in [-0.25, -0.2) is 4.90 Å². The highest BCUT2D eigenvalue weighted by atomic mass is 79.9. The number of imide groups is 1. The van der Waals surface area contributed by atoms with Gasteiger partial charge in [-0.1, -0.05) is 34.1 Å². The Balaban J connectivity index is 1.32. The highest BCUT2D eigenvalue weighted by Crippen LogP contribution is 2.31. The van der Waals surface area contributed by atoms with Crippen LogP contribution in [0.5, 0.6) is 0 Å². The fraction of sp³-hybridized carbons (Fsp3) is 0. The van der Waals surface area contributed by atoms with Crippen molar-refractivity contribution in [1.82, 2.24) is 0 Å². The third-order valence-electron chi connectivity index (χ3n) is 5.67. The van der Waals surface area contributed by atoms with Crippen molar-refractivity contribution in [2.24, 2.45) is 0 Å². The fourth-order valence-electron chi connectivity index (χ4n) is 3.84. The molecule has 4 aromatic rings. The van der Waals surface area contributed by atoms with E-state index in [1.165, 1.54) is 12.1 Å². The minimum absolute atomic E-state index is 0.204. The van der Waals surface area contributed by atoms with Crippen molar-refractivity contribution in [3.8, 4) is 0 Å². The highest BCUT2D eigenvalue weighted by Gasteiger charge is 2.37. The number of nitrogens with one attached hydrogen (secondary N) is 2. The quantitative estimate of drug-likeness (QED) is 0.315. The number of anilines is 3. The SMILES string of the molecule is O=C(Nc1ccc(N2C(=O)c3ccc(NC(=O)c4ccc(Br)cc4)cc3C2=O)cc1)c1ccccc1. The number of carbonyl (C=O) groups excluding carboxylic acids is 4. The molecule has 0 aliphatic carbocycles. The van der Waals surface area contributed by atoms with Gasteiger partial charge in [0.1, 0.15) is 0 Å². The topological polar surface area (TPSA) is 95.6 Å². The molecule has 5 rings (SSSR count). The van der Waals surface area contributed by atoms with E-state index in [9.17, 15) is 19.2 Å². The highest BCUT2D eigenvalue weighted by molar-refractivity contribution is 9.10. The van der Waals surface area contributed by atoms with Crippen LogP contribution in [0.3, 0.4) is 0 Å². The summed E-state index contributed by atoms with van der Waals surface area (Å²) in [4.78, 5) is 52.1. The van der Waals surface area contributed by atoms with Crippen LogP contribution in [0.2, 0.25) is 0 Å². The van der Waals surface area contributed by atoms with Gasteiger partial charge in [-0.15, -0.1) is 0 Å². The summed E-state index contributed by atoms with van der Waals surface area (Å²) >= 11 is 3.33. The van der Waals surface area contributed by atoms with E-state index in [-0.39, 0.29) is 22.9 Å². The summed E-state index contributed by atoms with van der Waals surface area (Å²) < 4.78 is 0.854.